The van der Waals surface area contributed by atoms with Crippen LogP contribution in [0.3, 0.4) is 0 Å². The third-order valence-corrected chi connectivity index (χ3v) is 2.30. The minimum Gasteiger partial charge on any atom is -0.507 e. The van der Waals surface area contributed by atoms with E-state index >= 15 is 0 Å². The highest BCUT2D eigenvalue weighted by Gasteiger charge is 2.13. The quantitative estimate of drug-likeness (QED) is 0.861. The molecule has 5 nitrogen and oxygen atoms in total. The highest BCUT2D eigenvalue weighted by atomic mass is 35.5. The summed E-state index contributed by atoms with van der Waals surface area (Å²) in [5, 5.41) is 16.0. The second-order valence-electron chi connectivity index (χ2n) is 3.45. The molecule has 0 unspecified atom stereocenters. The second kappa shape index (κ2) is 4.47. The normalized spacial score (nSPS) is 10.2. The van der Waals surface area contributed by atoms with Crippen LogP contribution in [0.4, 0.5) is 5.88 Å². The van der Waals surface area contributed by atoms with Crippen molar-refractivity contribution < 1.29 is 14.4 Å². The minimum absolute atomic E-state index is 0.114. The molecule has 0 bridgehead atoms. The Morgan fingerprint density at radius 1 is 1.47 bits per heavy atom. The number of aromatic hydroxyl groups is 1. The van der Waals surface area contributed by atoms with Crippen molar-refractivity contribution in [3.63, 3.8) is 0 Å². The molecule has 1 amide bonds. The summed E-state index contributed by atoms with van der Waals surface area (Å²) in [4.78, 5) is 11.8. The van der Waals surface area contributed by atoms with Crippen molar-refractivity contribution in [1.29, 1.82) is 0 Å². The van der Waals surface area contributed by atoms with Gasteiger partial charge in [-0.3, -0.25) is 10.1 Å². The SMILES string of the molecule is Cc1cc(NC(=O)c2ccc(Cl)cc2O)on1. The number of hydrogen-bond donors (Lipinski definition) is 2. The fourth-order valence-corrected chi connectivity index (χ4v) is 1.46. The average Bonchev–Trinajstić information content (AvgIpc) is 2.63. The lowest BCUT2D eigenvalue weighted by Crippen LogP contribution is -2.11. The van der Waals surface area contributed by atoms with E-state index in [1.807, 2.05) is 0 Å². The topological polar surface area (TPSA) is 75.4 Å². The zero-order valence-electron chi connectivity index (χ0n) is 8.90. The fraction of sp³-hybridized carbons (Fsp3) is 0.0909. The van der Waals surface area contributed by atoms with Crippen molar-refractivity contribution in [3.05, 3.63) is 40.5 Å². The third kappa shape index (κ3) is 2.57. The Hall–Kier alpha value is -2.01. The molecule has 2 N–H and O–H groups in total. The van der Waals surface area contributed by atoms with E-state index in [1.165, 1.54) is 18.2 Å². The van der Waals surface area contributed by atoms with Crippen LogP contribution in [-0.4, -0.2) is 16.2 Å². The average molecular weight is 253 g/mol. The van der Waals surface area contributed by atoms with Crippen LogP contribution in [-0.2, 0) is 0 Å². The molecule has 88 valence electrons. The van der Waals surface area contributed by atoms with Crippen LogP contribution in [0.15, 0.2) is 28.8 Å². The first kappa shape index (κ1) is 11.5. The van der Waals surface area contributed by atoms with Crippen molar-refractivity contribution >= 4 is 23.4 Å². The number of rotatable bonds is 2. The van der Waals surface area contributed by atoms with Crippen LogP contribution in [0.2, 0.25) is 5.02 Å². The molecule has 0 saturated carbocycles. The van der Waals surface area contributed by atoms with Crippen LogP contribution >= 0.6 is 11.6 Å². The van der Waals surface area contributed by atoms with Crippen LogP contribution in [0, 0.1) is 6.92 Å². The molecule has 0 radical (unpaired) electrons. The molecular weight excluding hydrogens is 244 g/mol. The van der Waals surface area contributed by atoms with Crippen LogP contribution in [0.1, 0.15) is 16.1 Å². The van der Waals surface area contributed by atoms with E-state index in [1.54, 1.807) is 13.0 Å². The number of halogens is 1. The Balaban J connectivity index is 2.20. The number of amides is 1. The van der Waals surface area contributed by atoms with E-state index in [4.69, 9.17) is 16.1 Å². The van der Waals surface area contributed by atoms with Crippen LogP contribution in [0.25, 0.3) is 0 Å². The Morgan fingerprint density at radius 2 is 2.24 bits per heavy atom. The van der Waals surface area contributed by atoms with Crippen molar-refractivity contribution in [2.24, 2.45) is 0 Å². The van der Waals surface area contributed by atoms with Gasteiger partial charge in [0.25, 0.3) is 5.91 Å². The molecule has 0 atom stereocenters. The summed E-state index contributed by atoms with van der Waals surface area (Å²) in [5.74, 6) is -0.455. The molecule has 2 rings (SSSR count). The molecule has 1 aromatic carbocycles. The van der Waals surface area contributed by atoms with Gasteiger partial charge < -0.3 is 9.63 Å². The summed E-state index contributed by atoms with van der Waals surface area (Å²) in [7, 11) is 0. The maximum atomic E-state index is 11.8. The molecular formula is C11H9ClN2O3. The summed E-state index contributed by atoms with van der Waals surface area (Å²) in [6, 6.07) is 5.81. The van der Waals surface area contributed by atoms with Gasteiger partial charge in [-0.1, -0.05) is 16.8 Å². The van der Waals surface area contributed by atoms with Gasteiger partial charge in [-0.2, -0.15) is 0 Å². The van der Waals surface area contributed by atoms with E-state index < -0.39 is 5.91 Å². The first-order valence-corrected chi connectivity index (χ1v) is 5.17. The Kier molecular flexibility index (Phi) is 3.01. The fourth-order valence-electron chi connectivity index (χ4n) is 1.30. The van der Waals surface area contributed by atoms with E-state index in [2.05, 4.69) is 10.5 Å². The molecule has 0 saturated heterocycles. The van der Waals surface area contributed by atoms with Gasteiger partial charge in [0.1, 0.15) is 5.75 Å². The van der Waals surface area contributed by atoms with Gasteiger partial charge in [0, 0.05) is 11.1 Å². The van der Waals surface area contributed by atoms with E-state index in [9.17, 15) is 9.90 Å². The summed E-state index contributed by atoms with van der Waals surface area (Å²) in [5.41, 5.74) is 0.768. The van der Waals surface area contributed by atoms with Gasteiger partial charge in [-0.05, 0) is 25.1 Å². The number of aryl methyl sites for hydroxylation is 1. The molecule has 0 spiro atoms. The zero-order valence-corrected chi connectivity index (χ0v) is 9.65. The molecule has 0 fully saturated rings. The maximum Gasteiger partial charge on any atom is 0.261 e. The number of hydrogen-bond acceptors (Lipinski definition) is 4. The number of phenolic OH excluding ortho intramolecular Hbond substituents is 1. The number of nitrogens with one attached hydrogen (secondary N) is 1. The Morgan fingerprint density at radius 3 is 2.82 bits per heavy atom. The Labute approximate surface area is 102 Å². The van der Waals surface area contributed by atoms with Gasteiger partial charge in [0.2, 0.25) is 5.88 Å². The monoisotopic (exact) mass is 252 g/mol. The van der Waals surface area contributed by atoms with Gasteiger partial charge in [0.15, 0.2) is 0 Å². The van der Waals surface area contributed by atoms with Crippen LogP contribution in [0.5, 0.6) is 5.75 Å². The molecule has 0 aliphatic heterocycles. The molecule has 2 aromatic rings. The van der Waals surface area contributed by atoms with Crippen LogP contribution < -0.4 is 5.32 Å². The van der Waals surface area contributed by atoms with Gasteiger partial charge in [-0.25, -0.2) is 0 Å². The van der Waals surface area contributed by atoms with E-state index in [0.717, 1.165) is 0 Å². The molecule has 1 heterocycles. The second-order valence-corrected chi connectivity index (χ2v) is 3.88. The van der Waals surface area contributed by atoms with Gasteiger partial charge in [-0.15, -0.1) is 0 Å². The van der Waals surface area contributed by atoms with Crippen molar-refractivity contribution in [2.75, 3.05) is 5.32 Å². The summed E-state index contributed by atoms with van der Waals surface area (Å²) >= 11 is 5.66. The number of carbonyl (C=O) groups is 1. The Bertz CT molecular complexity index is 566. The summed E-state index contributed by atoms with van der Waals surface area (Å²) < 4.78 is 4.83. The molecule has 1 aromatic heterocycles. The standard InChI is InChI=1S/C11H9ClN2O3/c1-6-4-10(17-14-6)13-11(16)8-3-2-7(12)5-9(8)15/h2-5,15H,1H3,(H,13,16). The molecule has 17 heavy (non-hydrogen) atoms. The smallest absolute Gasteiger partial charge is 0.261 e. The zero-order chi connectivity index (χ0) is 12.4. The highest BCUT2D eigenvalue weighted by molar-refractivity contribution is 6.30. The lowest BCUT2D eigenvalue weighted by atomic mass is 10.2. The largest absolute Gasteiger partial charge is 0.507 e. The number of carbonyl (C=O) groups excluding carboxylic acids is 1. The number of benzene rings is 1. The first-order chi connectivity index (χ1) is 8.06. The lowest BCUT2D eigenvalue weighted by molar-refractivity contribution is 0.102. The van der Waals surface area contributed by atoms with Crippen molar-refractivity contribution in [1.82, 2.24) is 5.16 Å². The molecule has 0 aliphatic carbocycles. The van der Waals surface area contributed by atoms with Crippen molar-refractivity contribution in [3.8, 4) is 5.75 Å². The predicted octanol–water partition coefficient (Wildman–Crippen LogP) is 2.59. The van der Waals surface area contributed by atoms with Gasteiger partial charge >= 0.3 is 0 Å². The number of nitrogens with zero attached hydrogens (tertiary/aromatic N) is 1. The summed E-state index contributed by atoms with van der Waals surface area (Å²) in [6.45, 7) is 1.74. The van der Waals surface area contributed by atoms with Crippen molar-refractivity contribution in [2.45, 2.75) is 6.92 Å². The maximum absolute atomic E-state index is 11.8. The first-order valence-electron chi connectivity index (χ1n) is 4.79. The number of phenols is 1. The van der Waals surface area contributed by atoms with E-state index in [-0.39, 0.29) is 17.2 Å². The van der Waals surface area contributed by atoms with Gasteiger partial charge in [0.05, 0.1) is 11.3 Å². The molecule has 0 aliphatic rings. The predicted molar refractivity (Wildman–Crippen MR) is 62.3 cm³/mol. The number of anilines is 1. The molecule has 6 heteroatoms. The highest BCUT2D eigenvalue weighted by Crippen LogP contribution is 2.23. The minimum atomic E-state index is -0.490. The lowest BCUT2D eigenvalue weighted by Gasteiger charge is -2.03. The third-order valence-electron chi connectivity index (χ3n) is 2.07. The number of aromatic nitrogens is 1. The van der Waals surface area contributed by atoms with E-state index in [0.29, 0.717) is 10.7 Å². The summed E-state index contributed by atoms with van der Waals surface area (Å²) in [6.07, 6.45) is 0.